The first kappa shape index (κ1) is 29.4. The summed E-state index contributed by atoms with van der Waals surface area (Å²) in [6.07, 6.45) is -2.07. The van der Waals surface area contributed by atoms with Crippen molar-refractivity contribution in [1.82, 2.24) is 9.91 Å². The van der Waals surface area contributed by atoms with Crippen molar-refractivity contribution in [2.75, 3.05) is 27.8 Å². The summed E-state index contributed by atoms with van der Waals surface area (Å²) in [6.45, 7) is 3.35. The Kier molecular flexibility index (Phi) is 9.25. The van der Waals surface area contributed by atoms with Gasteiger partial charge in [-0.2, -0.15) is 5.26 Å². The maximum Gasteiger partial charge on any atom is 0.352 e. The predicted octanol–water partition coefficient (Wildman–Crippen LogP) is 2.35. The number of hydrogen-bond acceptors (Lipinski definition) is 12. The van der Waals surface area contributed by atoms with Crippen LogP contribution in [-0.2, 0) is 9.53 Å². The lowest BCUT2D eigenvalue weighted by molar-refractivity contribution is -0.420. The van der Waals surface area contributed by atoms with Crippen molar-refractivity contribution >= 4 is 17.6 Å². The summed E-state index contributed by atoms with van der Waals surface area (Å²) in [5.74, 6) is 5.01. The number of ether oxygens (including phenoxy) is 4. The molecule has 1 heterocycles. The van der Waals surface area contributed by atoms with Crippen molar-refractivity contribution in [2.24, 2.45) is 10.8 Å². The highest BCUT2D eigenvalue weighted by molar-refractivity contribution is 6.08. The van der Waals surface area contributed by atoms with Gasteiger partial charge in [-0.25, -0.2) is 15.8 Å². The molecule has 1 aliphatic rings. The molecule has 2 aromatic carbocycles. The van der Waals surface area contributed by atoms with Gasteiger partial charge in [0.05, 0.1) is 36.7 Å². The van der Waals surface area contributed by atoms with Gasteiger partial charge in [0.2, 0.25) is 0 Å². The van der Waals surface area contributed by atoms with E-state index in [0.717, 1.165) is 5.01 Å². The van der Waals surface area contributed by atoms with Crippen LogP contribution in [0.2, 0.25) is 0 Å². The van der Waals surface area contributed by atoms with E-state index in [9.17, 15) is 25.0 Å². The molecule has 0 fully saturated rings. The minimum atomic E-state index is -1.49. The minimum absolute atomic E-state index is 0.0417. The van der Waals surface area contributed by atoms with E-state index in [4.69, 9.17) is 24.8 Å². The summed E-state index contributed by atoms with van der Waals surface area (Å²) in [7, 11) is 4.54. The van der Waals surface area contributed by atoms with Gasteiger partial charge in [-0.1, -0.05) is 0 Å². The molecule has 0 spiro atoms. The summed E-state index contributed by atoms with van der Waals surface area (Å²) in [6, 6.07) is 10.9. The van der Waals surface area contributed by atoms with Crippen LogP contribution in [0.1, 0.15) is 34.8 Å². The fourth-order valence-electron chi connectivity index (χ4n) is 3.70. The van der Waals surface area contributed by atoms with E-state index in [0.29, 0.717) is 5.56 Å². The molecule has 0 saturated carbocycles. The molecule has 210 valence electrons. The van der Waals surface area contributed by atoms with Crippen molar-refractivity contribution < 1.29 is 33.5 Å². The quantitative estimate of drug-likeness (QED) is 0.198. The first-order valence-electron chi connectivity index (χ1n) is 11.9. The first-order chi connectivity index (χ1) is 19.0. The Morgan fingerprint density at radius 1 is 1.23 bits per heavy atom. The Balaban J connectivity index is 2.13. The number of amides is 1. The molecule has 1 atom stereocenters. The number of nitrogens with zero attached hydrogens (tertiary/aromatic N) is 5. The molecule has 0 saturated heterocycles. The number of nitriles is 1. The average molecular weight is 553 g/mol. The molecule has 1 unspecified atom stereocenters. The number of carbonyl (C=O) groups excluding carboxylic acids is 2. The number of hydrogen-bond donors (Lipinski definition) is 1. The van der Waals surface area contributed by atoms with Crippen molar-refractivity contribution in [3.8, 4) is 23.3 Å². The first-order valence-corrected chi connectivity index (χ1v) is 11.9. The van der Waals surface area contributed by atoms with Gasteiger partial charge in [0.25, 0.3) is 18.1 Å². The summed E-state index contributed by atoms with van der Waals surface area (Å²) in [5, 5.41) is 22.3. The SMILES string of the molecule is CCOC(=O)CC1=NC(Oc2cc(C#N)ccc2OC)N(N)C(Oc2cc(C)cc(C(=O)N(C)C)c2)=C1[N+](=O)[O-]. The lowest BCUT2D eigenvalue weighted by Gasteiger charge is -2.31. The molecule has 0 aromatic heterocycles. The summed E-state index contributed by atoms with van der Waals surface area (Å²) < 4.78 is 22.1. The number of esters is 1. The topological polar surface area (TPSA) is 183 Å². The Morgan fingerprint density at radius 3 is 2.55 bits per heavy atom. The van der Waals surface area contributed by atoms with E-state index in [2.05, 4.69) is 4.99 Å². The summed E-state index contributed by atoms with van der Waals surface area (Å²) in [5.41, 5.74) is 0.125. The van der Waals surface area contributed by atoms with Crippen LogP contribution in [0.25, 0.3) is 0 Å². The average Bonchev–Trinajstić information content (AvgIpc) is 2.90. The Bertz CT molecular complexity index is 1430. The molecule has 2 N–H and O–H groups in total. The molecule has 0 bridgehead atoms. The highest BCUT2D eigenvalue weighted by atomic mass is 16.6. The normalized spacial score (nSPS) is 14.6. The molecule has 0 radical (unpaired) electrons. The van der Waals surface area contributed by atoms with Crippen LogP contribution in [0, 0.1) is 28.4 Å². The fourth-order valence-corrected chi connectivity index (χ4v) is 3.70. The van der Waals surface area contributed by atoms with Crippen LogP contribution in [-0.4, -0.2) is 66.6 Å². The van der Waals surface area contributed by atoms with Crippen LogP contribution in [0.15, 0.2) is 53.0 Å². The zero-order valence-electron chi connectivity index (χ0n) is 22.5. The second-order valence-electron chi connectivity index (χ2n) is 8.63. The zero-order chi connectivity index (χ0) is 29.6. The predicted molar refractivity (Wildman–Crippen MR) is 141 cm³/mol. The molecular formula is C26H28N6O8. The van der Waals surface area contributed by atoms with Gasteiger partial charge < -0.3 is 23.8 Å². The van der Waals surface area contributed by atoms with Crippen LogP contribution in [0.3, 0.4) is 0 Å². The van der Waals surface area contributed by atoms with Crippen molar-refractivity contribution in [3.63, 3.8) is 0 Å². The number of nitro groups is 1. The summed E-state index contributed by atoms with van der Waals surface area (Å²) >= 11 is 0. The number of hydrazine groups is 1. The minimum Gasteiger partial charge on any atom is -0.493 e. The highest BCUT2D eigenvalue weighted by Crippen LogP contribution is 2.32. The molecule has 3 rings (SSSR count). The maximum absolute atomic E-state index is 12.6. The van der Waals surface area contributed by atoms with Gasteiger partial charge in [-0.05, 0) is 49.7 Å². The lowest BCUT2D eigenvalue weighted by atomic mass is 10.1. The van der Waals surface area contributed by atoms with Gasteiger partial charge >= 0.3 is 11.7 Å². The van der Waals surface area contributed by atoms with Crippen molar-refractivity contribution in [1.29, 1.82) is 5.26 Å². The lowest BCUT2D eigenvalue weighted by Crippen LogP contribution is -2.49. The van der Waals surface area contributed by atoms with E-state index < -0.39 is 35.2 Å². The van der Waals surface area contributed by atoms with Gasteiger partial charge in [0.1, 0.15) is 11.5 Å². The molecule has 14 nitrogen and oxygen atoms in total. The van der Waals surface area contributed by atoms with Crippen LogP contribution in [0.4, 0.5) is 0 Å². The van der Waals surface area contributed by atoms with E-state index >= 15 is 0 Å². The summed E-state index contributed by atoms with van der Waals surface area (Å²) in [4.78, 5) is 41.9. The van der Waals surface area contributed by atoms with Gasteiger partial charge in [0, 0.05) is 25.7 Å². The third kappa shape index (κ3) is 6.63. The standard InChI is InChI=1S/C26H28N6O8/c1-6-38-22(33)13-19-23(32(35)36)25(39-18-10-15(2)9-17(12-18)24(34)30(3)4)31(28)26(29-19)40-21-11-16(14-27)7-8-20(21)37-5/h7-12,26H,6,13,28H2,1-5H3. The van der Waals surface area contributed by atoms with Crippen LogP contribution < -0.4 is 20.1 Å². The number of aliphatic imine (C=N–C) groups is 1. The number of allylic oxidation sites excluding steroid dienone is 1. The highest BCUT2D eigenvalue weighted by Gasteiger charge is 2.41. The molecule has 1 amide bonds. The Hall–Kier alpha value is -5.16. The smallest absolute Gasteiger partial charge is 0.352 e. The third-order valence-electron chi connectivity index (χ3n) is 5.46. The zero-order valence-corrected chi connectivity index (χ0v) is 22.5. The van der Waals surface area contributed by atoms with E-state index in [-0.39, 0.29) is 46.6 Å². The molecular weight excluding hydrogens is 524 g/mol. The fraction of sp³-hybridized carbons (Fsp3) is 0.308. The number of rotatable bonds is 10. The van der Waals surface area contributed by atoms with Crippen molar-refractivity contribution in [3.05, 3.63) is 74.8 Å². The number of aryl methyl sites for hydroxylation is 1. The van der Waals surface area contributed by atoms with Crippen LogP contribution in [0.5, 0.6) is 17.2 Å². The molecule has 2 aromatic rings. The van der Waals surface area contributed by atoms with Gasteiger partial charge in [0.15, 0.2) is 11.5 Å². The van der Waals surface area contributed by atoms with E-state index in [1.165, 1.54) is 36.3 Å². The van der Waals surface area contributed by atoms with Crippen LogP contribution >= 0.6 is 0 Å². The monoisotopic (exact) mass is 552 g/mol. The van der Waals surface area contributed by atoms with E-state index in [1.807, 2.05) is 6.07 Å². The Labute approximate surface area is 229 Å². The maximum atomic E-state index is 12.6. The molecule has 1 aliphatic heterocycles. The molecule has 40 heavy (non-hydrogen) atoms. The number of carbonyl (C=O) groups is 2. The molecule has 14 heteroatoms. The Morgan fingerprint density at radius 2 is 1.95 bits per heavy atom. The number of methoxy groups -OCH3 is 1. The number of nitrogens with two attached hydrogens (primary N) is 1. The van der Waals surface area contributed by atoms with E-state index in [1.54, 1.807) is 40.1 Å². The second kappa shape index (κ2) is 12.6. The van der Waals surface area contributed by atoms with Crippen molar-refractivity contribution in [2.45, 2.75) is 26.6 Å². The molecule has 0 aliphatic carbocycles. The third-order valence-corrected chi connectivity index (χ3v) is 5.46. The second-order valence-corrected chi connectivity index (χ2v) is 8.63. The van der Waals surface area contributed by atoms with Gasteiger partial charge in [-0.3, -0.25) is 19.7 Å². The van der Waals surface area contributed by atoms with Gasteiger partial charge in [-0.15, -0.1) is 0 Å². The number of benzene rings is 2. The largest absolute Gasteiger partial charge is 0.493 e.